The first-order valence-electron chi connectivity index (χ1n) is 9.34. The molecular weight excluding hydrogens is 366 g/mol. The standard InChI is InChI=1S/C18H23N5OS2/c1-18(2)8-11-12(9-24-18)26-15-13(11)14-21-22-17(25)23(14)16(20-15)19-10-6-4-3-5-7-10/h10H,3-9H2,1-2H3,(H,19,20)(H,22,25). The van der Waals surface area contributed by atoms with E-state index in [2.05, 4.69) is 29.4 Å². The number of aromatic nitrogens is 4. The topological polar surface area (TPSA) is 67.2 Å². The van der Waals surface area contributed by atoms with Crippen LogP contribution >= 0.6 is 23.6 Å². The summed E-state index contributed by atoms with van der Waals surface area (Å²) < 4.78 is 8.57. The summed E-state index contributed by atoms with van der Waals surface area (Å²) in [4.78, 5) is 7.26. The number of rotatable bonds is 2. The third-order valence-electron chi connectivity index (χ3n) is 5.52. The van der Waals surface area contributed by atoms with Crippen molar-refractivity contribution in [2.75, 3.05) is 5.32 Å². The highest BCUT2D eigenvalue weighted by molar-refractivity contribution is 7.71. The first-order valence-corrected chi connectivity index (χ1v) is 10.6. The summed E-state index contributed by atoms with van der Waals surface area (Å²) in [5, 5.41) is 12.3. The Kier molecular flexibility index (Phi) is 3.84. The molecule has 5 rings (SSSR count). The van der Waals surface area contributed by atoms with E-state index in [9.17, 15) is 0 Å². The molecule has 0 saturated heterocycles. The Labute approximate surface area is 161 Å². The van der Waals surface area contributed by atoms with Crippen LogP contribution in [0.3, 0.4) is 0 Å². The maximum Gasteiger partial charge on any atom is 0.212 e. The van der Waals surface area contributed by atoms with Crippen molar-refractivity contribution in [3.05, 3.63) is 15.2 Å². The first-order chi connectivity index (χ1) is 12.5. The molecule has 2 N–H and O–H groups in total. The minimum Gasteiger partial charge on any atom is -0.370 e. The van der Waals surface area contributed by atoms with Crippen LogP contribution < -0.4 is 5.32 Å². The largest absolute Gasteiger partial charge is 0.370 e. The van der Waals surface area contributed by atoms with Gasteiger partial charge in [-0.05, 0) is 44.5 Å². The average molecular weight is 390 g/mol. The van der Waals surface area contributed by atoms with Crippen LogP contribution in [0.4, 0.5) is 5.95 Å². The number of thiophene rings is 1. The molecule has 0 radical (unpaired) electrons. The molecule has 3 aromatic heterocycles. The van der Waals surface area contributed by atoms with E-state index in [1.807, 2.05) is 4.40 Å². The molecule has 1 aliphatic heterocycles. The summed E-state index contributed by atoms with van der Waals surface area (Å²) in [5.74, 6) is 0.817. The van der Waals surface area contributed by atoms with E-state index in [0.29, 0.717) is 17.4 Å². The van der Waals surface area contributed by atoms with Crippen molar-refractivity contribution in [2.24, 2.45) is 0 Å². The quantitative estimate of drug-likeness (QED) is 0.627. The van der Waals surface area contributed by atoms with Gasteiger partial charge < -0.3 is 10.1 Å². The van der Waals surface area contributed by atoms with Gasteiger partial charge in [-0.1, -0.05) is 19.3 Å². The number of anilines is 1. The van der Waals surface area contributed by atoms with E-state index in [0.717, 1.165) is 28.2 Å². The van der Waals surface area contributed by atoms with Crippen LogP contribution in [-0.2, 0) is 17.8 Å². The molecule has 1 saturated carbocycles. The second kappa shape index (κ2) is 6.00. The van der Waals surface area contributed by atoms with Crippen LogP contribution in [0.15, 0.2) is 0 Å². The van der Waals surface area contributed by atoms with Crippen LogP contribution in [-0.4, -0.2) is 31.2 Å². The van der Waals surface area contributed by atoms with Crippen molar-refractivity contribution in [3.63, 3.8) is 0 Å². The van der Waals surface area contributed by atoms with Crippen LogP contribution in [0.5, 0.6) is 0 Å². The zero-order valence-corrected chi connectivity index (χ0v) is 16.7. The molecule has 1 fully saturated rings. The monoisotopic (exact) mass is 389 g/mol. The molecule has 0 atom stereocenters. The van der Waals surface area contributed by atoms with E-state index in [-0.39, 0.29) is 5.60 Å². The number of hydrogen-bond donors (Lipinski definition) is 2. The Hall–Kier alpha value is -1.51. The normalized spacial score (nSPS) is 20.5. The molecular formula is C18H23N5OS2. The number of nitrogens with zero attached hydrogens (tertiary/aromatic N) is 3. The lowest BCUT2D eigenvalue weighted by Crippen LogP contribution is -2.31. The summed E-state index contributed by atoms with van der Waals surface area (Å²) in [6, 6.07) is 0.463. The fraction of sp³-hybridized carbons (Fsp3) is 0.611. The molecule has 1 aliphatic carbocycles. The summed E-state index contributed by atoms with van der Waals surface area (Å²) in [6.07, 6.45) is 7.14. The SMILES string of the molecule is CC1(C)Cc2c(sc3nc(NC4CCCCC4)n4c(=S)[nH]nc4c23)CO1. The average Bonchev–Trinajstić information content (AvgIpc) is 3.15. The Balaban J connectivity index is 1.69. The fourth-order valence-electron chi connectivity index (χ4n) is 4.18. The van der Waals surface area contributed by atoms with Crippen molar-refractivity contribution >= 4 is 45.4 Å². The van der Waals surface area contributed by atoms with Gasteiger partial charge in [0.2, 0.25) is 10.7 Å². The van der Waals surface area contributed by atoms with Crippen LogP contribution in [0.1, 0.15) is 56.4 Å². The van der Waals surface area contributed by atoms with Crippen molar-refractivity contribution in [1.29, 1.82) is 0 Å². The molecule has 4 heterocycles. The van der Waals surface area contributed by atoms with Gasteiger partial charge in [-0.15, -0.1) is 11.3 Å². The summed E-state index contributed by atoms with van der Waals surface area (Å²) in [5.41, 5.74) is 2.04. The minimum absolute atomic E-state index is 0.163. The van der Waals surface area contributed by atoms with Gasteiger partial charge in [-0.25, -0.2) is 9.38 Å². The summed E-state index contributed by atoms with van der Waals surface area (Å²) in [7, 11) is 0. The second-order valence-corrected chi connectivity index (χ2v) is 9.48. The van der Waals surface area contributed by atoms with Gasteiger partial charge >= 0.3 is 0 Å². The van der Waals surface area contributed by atoms with Gasteiger partial charge in [0.05, 0.1) is 17.6 Å². The maximum absolute atomic E-state index is 6.00. The van der Waals surface area contributed by atoms with E-state index in [1.54, 1.807) is 11.3 Å². The lowest BCUT2D eigenvalue weighted by Gasteiger charge is -2.30. The van der Waals surface area contributed by atoms with Gasteiger partial charge in [0, 0.05) is 17.3 Å². The Morgan fingerprint density at radius 1 is 1.31 bits per heavy atom. The highest BCUT2D eigenvalue weighted by Crippen LogP contribution is 2.40. The predicted molar refractivity (Wildman–Crippen MR) is 107 cm³/mol. The van der Waals surface area contributed by atoms with Crippen molar-refractivity contribution in [1.82, 2.24) is 19.6 Å². The Morgan fingerprint density at radius 2 is 2.12 bits per heavy atom. The van der Waals surface area contributed by atoms with Crippen molar-refractivity contribution in [2.45, 2.75) is 70.6 Å². The highest BCUT2D eigenvalue weighted by atomic mass is 32.1. The zero-order chi connectivity index (χ0) is 17.9. The van der Waals surface area contributed by atoms with E-state index in [4.69, 9.17) is 21.9 Å². The van der Waals surface area contributed by atoms with Crippen LogP contribution in [0, 0.1) is 4.77 Å². The molecule has 138 valence electrons. The van der Waals surface area contributed by atoms with Crippen LogP contribution in [0.25, 0.3) is 15.9 Å². The zero-order valence-electron chi connectivity index (χ0n) is 15.1. The smallest absolute Gasteiger partial charge is 0.212 e. The lowest BCUT2D eigenvalue weighted by atomic mass is 9.94. The Bertz CT molecular complexity index is 1040. The minimum atomic E-state index is -0.163. The van der Waals surface area contributed by atoms with E-state index < -0.39 is 0 Å². The predicted octanol–water partition coefficient (Wildman–Crippen LogP) is 4.60. The highest BCUT2D eigenvalue weighted by Gasteiger charge is 2.31. The number of nitrogens with one attached hydrogen (secondary N) is 2. The van der Waals surface area contributed by atoms with E-state index >= 15 is 0 Å². The molecule has 0 bridgehead atoms. The number of hydrogen-bond acceptors (Lipinski definition) is 6. The molecule has 3 aromatic rings. The van der Waals surface area contributed by atoms with Gasteiger partial charge in [-0.2, -0.15) is 5.10 Å². The molecule has 6 nitrogen and oxygen atoms in total. The number of H-pyrrole nitrogens is 1. The Morgan fingerprint density at radius 3 is 2.92 bits per heavy atom. The number of aromatic amines is 1. The third-order valence-corrected chi connectivity index (χ3v) is 6.90. The molecule has 0 unspecified atom stereocenters. The van der Waals surface area contributed by atoms with E-state index in [1.165, 1.54) is 42.5 Å². The van der Waals surface area contributed by atoms with Gasteiger partial charge in [0.15, 0.2) is 5.65 Å². The lowest BCUT2D eigenvalue weighted by molar-refractivity contribution is -0.0379. The first kappa shape index (κ1) is 16.6. The van der Waals surface area contributed by atoms with Gasteiger partial charge in [-0.3, -0.25) is 5.10 Å². The fourth-order valence-corrected chi connectivity index (χ4v) is 5.50. The second-order valence-electron chi connectivity index (χ2n) is 8.01. The molecule has 2 aliphatic rings. The summed E-state index contributed by atoms with van der Waals surface area (Å²) in [6.45, 7) is 4.92. The maximum atomic E-state index is 6.00. The van der Waals surface area contributed by atoms with Crippen LogP contribution in [0.2, 0.25) is 0 Å². The molecule has 26 heavy (non-hydrogen) atoms. The number of ether oxygens (including phenoxy) is 1. The van der Waals surface area contributed by atoms with Gasteiger partial charge in [0.1, 0.15) is 4.83 Å². The van der Waals surface area contributed by atoms with Crippen molar-refractivity contribution < 1.29 is 4.74 Å². The number of fused-ring (bicyclic) bond motifs is 5. The van der Waals surface area contributed by atoms with Gasteiger partial charge in [0.25, 0.3) is 0 Å². The third kappa shape index (κ3) is 2.66. The molecule has 0 amide bonds. The molecule has 0 spiro atoms. The molecule has 0 aromatic carbocycles. The van der Waals surface area contributed by atoms with Crippen molar-refractivity contribution in [3.8, 4) is 0 Å². The molecule has 8 heteroatoms. The summed E-state index contributed by atoms with van der Waals surface area (Å²) >= 11 is 7.25.